The van der Waals surface area contributed by atoms with Gasteiger partial charge in [-0.05, 0) is 24.3 Å². The highest BCUT2D eigenvalue weighted by molar-refractivity contribution is 5.59. The molecule has 0 aliphatic rings. The molecule has 7 heteroatoms. The van der Waals surface area contributed by atoms with Gasteiger partial charge in [0, 0.05) is 12.4 Å². The molecule has 0 atom stereocenters. The molecule has 2 heterocycles. The predicted octanol–water partition coefficient (Wildman–Crippen LogP) is 2.15. The van der Waals surface area contributed by atoms with Crippen LogP contribution in [-0.2, 0) is 9.47 Å². The molecule has 0 saturated carbocycles. The molecule has 2 aromatic heterocycles. The summed E-state index contributed by atoms with van der Waals surface area (Å²) in [7, 11) is 0. The number of carbonyl (C=O) groups is 1. The fraction of sp³-hybridized carbons (Fsp3) is 0.267. The van der Waals surface area contributed by atoms with Crippen LogP contribution in [0.4, 0.5) is 16.4 Å². The number of anilines is 2. The van der Waals surface area contributed by atoms with Crippen molar-refractivity contribution in [3.05, 3.63) is 48.8 Å². The number of pyridine rings is 2. The molecule has 0 aliphatic heterocycles. The van der Waals surface area contributed by atoms with E-state index in [9.17, 15) is 4.79 Å². The van der Waals surface area contributed by atoms with Gasteiger partial charge in [0.05, 0.1) is 13.1 Å². The van der Waals surface area contributed by atoms with Gasteiger partial charge in [0.25, 0.3) is 0 Å². The lowest BCUT2D eigenvalue weighted by molar-refractivity contribution is 0.0609. The van der Waals surface area contributed by atoms with Gasteiger partial charge in [-0.2, -0.15) is 0 Å². The van der Waals surface area contributed by atoms with E-state index in [0.29, 0.717) is 13.1 Å². The Bertz CT molecular complexity index is 502. The average Bonchev–Trinajstić information content (AvgIpc) is 2.57. The van der Waals surface area contributed by atoms with E-state index in [0.717, 1.165) is 11.6 Å². The van der Waals surface area contributed by atoms with Crippen LogP contribution in [0.5, 0.6) is 0 Å². The van der Waals surface area contributed by atoms with Crippen LogP contribution in [0, 0.1) is 0 Å². The van der Waals surface area contributed by atoms with Crippen molar-refractivity contribution < 1.29 is 14.3 Å². The molecular formula is C15H18N4O3. The van der Waals surface area contributed by atoms with E-state index in [1.54, 1.807) is 12.4 Å². The van der Waals surface area contributed by atoms with Crippen LogP contribution in [0.15, 0.2) is 48.8 Å². The second-order valence-corrected chi connectivity index (χ2v) is 4.23. The Morgan fingerprint density at radius 2 is 1.36 bits per heavy atom. The number of hydrogen-bond donors (Lipinski definition) is 2. The molecule has 22 heavy (non-hydrogen) atoms. The molecule has 0 unspecified atom stereocenters. The summed E-state index contributed by atoms with van der Waals surface area (Å²) in [4.78, 5) is 19.5. The zero-order valence-electron chi connectivity index (χ0n) is 12.1. The number of aromatic nitrogens is 2. The summed E-state index contributed by atoms with van der Waals surface area (Å²) in [6, 6.07) is 11.1. The molecule has 0 saturated heterocycles. The summed E-state index contributed by atoms with van der Waals surface area (Å²) in [6.45, 7) is 1.36. The lowest BCUT2D eigenvalue weighted by Gasteiger charge is -2.08. The van der Waals surface area contributed by atoms with Crippen molar-refractivity contribution in [3.63, 3.8) is 0 Å². The maximum Gasteiger partial charge on any atom is 0.508 e. The zero-order chi connectivity index (χ0) is 15.5. The van der Waals surface area contributed by atoms with Crippen molar-refractivity contribution in [1.29, 1.82) is 0 Å². The van der Waals surface area contributed by atoms with Crippen molar-refractivity contribution in [2.45, 2.75) is 0 Å². The maximum atomic E-state index is 11.3. The Hall–Kier alpha value is -2.83. The SMILES string of the molecule is O=C(OCCNc1ccccn1)OCCNc1ccccn1. The van der Waals surface area contributed by atoms with E-state index in [2.05, 4.69) is 20.6 Å². The van der Waals surface area contributed by atoms with Gasteiger partial charge in [0.15, 0.2) is 0 Å². The predicted molar refractivity (Wildman–Crippen MR) is 82.8 cm³/mol. The quantitative estimate of drug-likeness (QED) is 0.571. The lowest BCUT2D eigenvalue weighted by Crippen LogP contribution is -2.18. The maximum absolute atomic E-state index is 11.3. The highest BCUT2D eigenvalue weighted by Crippen LogP contribution is 1.99. The van der Waals surface area contributed by atoms with Gasteiger partial charge < -0.3 is 20.1 Å². The summed E-state index contributed by atoms with van der Waals surface area (Å²) in [5.74, 6) is 1.47. The second-order valence-electron chi connectivity index (χ2n) is 4.23. The third kappa shape index (κ3) is 6.08. The van der Waals surface area contributed by atoms with Gasteiger partial charge in [-0.15, -0.1) is 0 Å². The lowest BCUT2D eigenvalue weighted by atomic mass is 10.4. The first-order chi connectivity index (χ1) is 10.8. The fourth-order valence-electron chi connectivity index (χ4n) is 1.60. The molecule has 0 aromatic carbocycles. The monoisotopic (exact) mass is 302 g/mol. The van der Waals surface area contributed by atoms with Gasteiger partial charge >= 0.3 is 6.16 Å². The zero-order valence-corrected chi connectivity index (χ0v) is 12.1. The van der Waals surface area contributed by atoms with Crippen LogP contribution in [0.25, 0.3) is 0 Å². The van der Waals surface area contributed by atoms with Crippen LogP contribution in [0.2, 0.25) is 0 Å². The Morgan fingerprint density at radius 3 is 1.77 bits per heavy atom. The first kappa shape index (κ1) is 15.6. The smallest absolute Gasteiger partial charge is 0.432 e. The van der Waals surface area contributed by atoms with Crippen molar-refractivity contribution in [2.24, 2.45) is 0 Å². The first-order valence-corrected chi connectivity index (χ1v) is 6.94. The molecule has 116 valence electrons. The number of ether oxygens (including phenoxy) is 2. The van der Waals surface area contributed by atoms with Crippen LogP contribution < -0.4 is 10.6 Å². The molecule has 0 spiro atoms. The molecule has 0 bridgehead atoms. The molecular weight excluding hydrogens is 284 g/mol. The van der Waals surface area contributed by atoms with Crippen molar-refractivity contribution in [1.82, 2.24) is 9.97 Å². The van der Waals surface area contributed by atoms with E-state index in [4.69, 9.17) is 9.47 Å². The fourth-order valence-corrected chi connectivity index (χ4v) is 1.60. The summed E-state index contributed by atoms with van der Waals surface area (Å²) >= 11 is 0. The van der Waals surface area contributed by atoms with Crippen LogP contribution in [0.1, 0.15) is 0 Å². The van der Waals surface area contributed by atoms with Gasteiger partial charge in [-0.3, -0.25) is 0 Å². The minimum Gasteiger partial charge on any atom is -0.432 e. The van der Waals surface area contributed by atoms with Gasteiger partial charge in [0.1, 0.15) is 24.8 Å². The van der Waals surface area contributed by atoms with Crippen molar-refractivity contribution in [2.75, 3.05) is 36.9 Å². The Morgan fingerprint density at radius 1 is 0.864 bits per heavy atom. The highest BCUT2D eigenvalue weighted by atomic mass is 16.7. The molecule has 2 aromatic rings. The number of hydrogen-bond acceptors (Lipinski definition) is 7. The average molecular weight is 302 g/mol. The van der Waals surface area contributed by atoms with Crippen LogP contribution in [-0.4, -0.2) is 42.4 Å². The minimum atomic E-state index is -0.689. The third-order valence-electron chi connectivity index (χ3n) is 2.59. The summed E-state index contributed by atoms with van der Waals surface area (Å²) in [6.07, 6.45) is 2.68. The molecule has 0 amide bonds. The molecule has 0 fully saturated rings. The highest BCUT2D eigenvalue weighted by Gasteiger charge is 2.03. The third-order valence-corrected chi connectivity index (χ3v) is 2.59. The van der Waals surface area contributed by atoms with Gasteiger partial charge in [-0.1, -0.05) is 12.1 Å². The number of rotatable bonds is 8. The normalized spacial score (nSPS) is 9.82. The van der Waals surface area contributed by atoms with Gasteiger partial charge in [-0.25, -0.2) is 14.8 Å². The minimum absolute atomic E-state index is 0.211. The van der Waals surface area contributed by atoms with Crippen LogP contribution >= 0.6 is 0 Å². The molecule has 7 nitrogen and oxygen atoms in total. The van der Waals surface area contributed by atoms with E-state index < -0.39 is 6.16 Å². The van der Waals surface area contributed by atoms with E-state index in [1.165, 1.54) is 0 Å². The first-order valence-electron chi connectivity index (χ1n) is 6.94. The topological polar surface area (TPSA) is 85.4 Å². The number of nitrogens with one attached hydrogen (secondary N) is 2. The standard InChI is InChI=1S/C15H18N4O3/c20-15(21-11-9-18-13-5-1-3-7-16-13)22-12-10-19-14-6-2-4-8-17-14/h1-8H,9-12H2,(H,16,18)(H,17,19). The summed E-state index contributed by atoms with van der Waals surface area (Å²) in [5, 5.41) is 6.05. The summed E-state index contributed by atoms with van der Waals surface area (Å²) < 4.78 is 9.84. The van der Waals surface area contributed by atoms with E-state index >= 15 is 0 Å². The second kappa shape index (κ2) is 9.17. The molecule has 2 rings (SSSR count). The largest absolute Gasteiger partial charge is 0.508 e. The summed E-state index contributed by atoms with van der Waals surface area (Å²) in [5.41, 5.74) is 0. The van der Waals surface area contributed by atoms with Crippen molar-refractivity contribution in [3.8, 4) is 0 Å². The van der Waals surface area contributed by atoms with Crippen LogP contribution in [0.3, 0.4) is 0 Å². The Balaban J connectivity index is 1.49. The van der Waals surface area contributed by atoms with Crippen molar-refractivity contribution >= 4 is 17.8 Å². The number of carbonyl (C=O) groups excluding carboxylic acids is 1. The Kier molecular flexibility index (Phi) is 6.48. The van der Waals surface area contributed by atoms with Gasteiger partial charge in [0.2, 0.25) is 0 Å². The molecule has 0 aliphatic carbocycles. The van der Waals surface area contributed by atoms with E-state index in [1.807, 2.05) is 36.4 Å². The molecule has 2 N–H and O–H groups in total. The number of nitrogens with zero attached hydrogens (tertiary/aromatic N) is 2. The Labute approximate surface area is 128 Å². The van der Waals surface area contributed by atoms with E-state index in [-0.39, 0.29) is 13.2 Å². The molecule has 0 radical (unpaired) electrons.